The Labute approximate surface area is 93.7 Å². The number of hydrogen-bond donors (Lipinski definition) is 1. The highest BCUT2D eigenvalue weighted by Crippen LogP contribution is 2.32. The van der Waals surface area contributed by atoms with Crippen molar-refractivity contribution in [3.63, 3.8) is 0 Å². The maximum absolute atomic E-state index is 12.9. The van der Waals surface area contributed by atoms with Crippen LogP contribution in [-0.2, 0) is 4.74 Å². The van der Waals surface area contributed by atoms with Gasteiger partial charge in [-0.15, -0.1) is 0 Å². The predicted octanol–water partition coefficient (Wildman–Crippen LogP) is 1.38. The second-order valence-electron chi connectivity index (χ2n) is 4.90. The van der Waals surface area contributed by atoms with Crippen molar-refractivity contribution in [2.75, 3.05) is 19.8 Å². The number of halogens is 3. The molecule has 1 fully saturated rings. The van der Waals surface area contributed by atoms with E-state index < -0.39 is 23.8 Å². The van der Waals surface area contributed by atoms with Crippen LogP contribution in [0.5, 0.6) is 0 Å². The lowest BCUT2D eigenvalue weighted by atomic mass is 9.96. The van der Waals surface area contributed by atoms with Gasteiger partial charge in [0.05, 0.1) is 13.2 Å². The largest absolute Gasteiger partial charge is 0.405 e. The molecule has 0 aromatic carbocycles. The summed E-state index contributed by atoms with van der Waals surface area (Å²) in [4.78, 5) is 1.40. The monoisotopic (exact) mass is 240 g/mol. The summed E-state index contributed by atoms with van der Waals surface area (Å²) in [5.41, 5.74) is 4.84. The molecule has 2 atom stereocenters. The molecule has 0 aliphatic carbocycles. The molecule has 0 aromatic heterocycles. The topological polar surface area (TPSA) is 38.5 Å². The number of hydrogen-bond acceptors (Lipinski definition) is 3. The van der Waals surface area contributed by atoms with Crippen molar-refractivity contribution in [2.24, 2.45) is 5.73 Å². The quantitative estimate of drug-likeness (QED) is 0.792. The number of nitrogens with two attached hydrogens (primary N) is 1. The molecule has 1 heterocycles. The fourth-order valence-electron chi connectivity index (χ4n) is 2.14. The van der Waals surface area contributed by atoms with Crippen molar-refractivity contribution in [3.8, 4) is 0 Å². The van der Waals surface area contributed by atoms with Crippen LogP contribution in [0.1, 0.15) is 20.8 Å². The zero-order valence-electron chi connectivity index (χ0n) is 9.84. The molecular formula is C10H19F3N2O. The highest BCUT2D eigenvalue weighted by atomic mass is 19.4. The van der Waals surface area contributed by atoms with Gasteiger partial charge >= 0.3 is 6.18 Å². The number of morpholine rings is 1. The van der Waals surface area contributed by atoms with E-state index in [1.165, 1.54) is 11.8 Å². The first-order valence-corrected chi connectivity index (χ1v) is 5.33. The minimum absolute atomic E-state index is 0.263. The Morgan fingerprint density at radius 3 is 2.31 bits per heavy atom. The van der Waals surface area contributed by atoms with Gasteiger partial charge in [0.1, 0.15) is 6.04 Å². The highest BCUT2D eigenvalue weighted by Gasteiger charge is 2.50. The number of rotatable bonds is 2. The van der Waals surface area contributed by atoms with Gasteiger partial charge < -0.3 is 10.5 Å². The van der Waals surface area contributed by atoms with Crippen LogP contribution in [0.15, 0.2) is 0 Å². The van der Waals surface area contributed by atoms with Gasteiger partial charge in [-0.05, 0) is 20.8 Å². The molecular weight excluding hydrogens is 221 g/mol. The van der Waals surface area contributed by atoms with Crippen LogP contribution in [-0.4, -0.2) is 48.5 Å². The van der Waals surface area contributed by atoms with Gasteiger partial charge in [0.2, 0.25) is 0 Å². The SMILES string of the molecule is CC(N)C(N1CCOCC1(C)C)C(F)(F)F. The molecule has 2 unspecified atom stereocenters. The third-order valence-electron chi connectivity index (χ3n) is 2.88. The molecule has 0 saturated carbocycles. The number of ether oxygens (including phenoxy) is 1. The molecule has 0 aromatic rings. The van der Waals surface area contributed by atoms with Gasteiger partial charge in [-0.25, -0.2) is 0 Å². The number of nitrogens with zero attached hydrogens (tertiary/aromatic N) is 1. The van der Waals surface area contributed by atoms with E-state index in [0.717, 1.165) is 0 Å². The second-order valence-corrected chi connectivity index (χ2v) is 4.90. The Bertz CT molecular complexity index is 241. The lowest BCUT2D eigenvalue weighted by Crippen LogP contribution is -2.65. The standard InChI is InChI=1S/C10H19F3N2O/c1-7(14)8(10(11,12)13)15-4-5-16-6-9(15,2)3/h7-8H,4-6,14H2,1-3H3. The van der Waals surface area contributed by atoms with Crippen LogP contribution >= 0.6 is 0 Å². The molecule has 96 valence electrons. The van der Waals surface area contributed by atoms with Crippen LogP contribution in [0, 0.1) is 0 Å². The first-order valence-electron chi connectivity index (χ1n) is 5.33. The average molecular weight is 240 g/mol. The first-order chi connectivity index (χ1) is 7.16. The summed E-state index contributed by atoms with van der Waals surface area (Å²) in [6.45, 7) is 5.76. The van der Waals surface area contributed by atoms with E-state index in [2.05, 4.69) is 0 Å². The Morgan fingerprint density at radius 2 is 1.94 bits per heavy atom. The van der Waals surface area contributed by atoms with Gasteiger partial charge in [0, 0.05) is 18.1 Å². The summed E-state index contributed by atoms with van der Waals surface area (Å²) in [5, 5.41) is 0. The van der Waals surface area contributed by atoms with Crippen LogP contribution in [0.3, 0.4) is 0 Å². The third-order valence-corrected chi connectivity index (χ3v) is 2.88. The summed E-state index contributed by atoms with van der Waals surface area (Å²) in [6, 6.07) is -2.55. The van der Waals surface area contributed by atoms with Crippen molar-refractivity contribution in [1.82, 2.24) is 4.90 Å². The molecule has 2 N–H and O–H groups in total. The summed E-state index contributed by atoms with van der Waals surface area (Å²) >= 11 is 0. The van der Waals surface area contributed by atoms with E-state index in [4.69, 9.17) is 10.5 Å². The van der Waals surface area contributed by atoms with Gasteiger partial charge in [-0.2, -0.15) is 13.2 Å². The lowest BCUT2D eigenvalue weighted by Gasteiger charge is -2.48. The third kappa shape index (κ3) is 2.87. The lowest BCUT2D eigenvalue weighted by molar-refractivity contribution is -0.217. The van der Waals surface area contributed by atoms with Gasteiger partial charge in [0.25, 0.3) is 0 Å². The van der Waals surface area contributed by atoms with Crippen molar-refractivity contribution in [2.45, 2.75) is 44.6 Å². The average Bonchev–Trinajstić information content (AvgIpc) is 2.05. The molecule has 0 amide bonds. The molecule has 1 rings (SSSR count). The first kappa shape index (κ1) is 13.7. The van der Waals surface area contributed by atoms with Crippen molar-refractivity contribution in [3.05, 3.63) is 0 Å². The van der Waals surface area contributed by atoms with E-state index >= 15 is 0 Å². The summed E-state index contributed by atoms with van der Waals surface area (Å²) in [5.74, 6) is 0. The number of alkyl halides is 3. The molecule has 1 saturated heterocycles. The second kappa shape index (κ2) is 4.50. The molecule has 3 nitrogen and oxygen atoms in total. The van der Waals surface area contributed by atoms with Crippen molar-refractivity contribution < 1.29 is 17.9 Å². The summed E-state index contributed by atoms with van der Waals surface area (Å²) < 4.78 is 44.0. The van der Waals surface area contributed by atoms with Gasteiger partial charge in [0.15, 0.2) is 0 Å². The van der Waals surface area contributed by atoms with E-state index in [1.54, 1.807) is 13.8 Å². The van der Waals surface area contributed by atoms with E-state index in [0.29, 0.717) is 13.2 Å². The maximum Gasteiger partial charge on any atom is 0.405 e. The van der Waals surface area contributed by atoms with Crippen LogP contribution in [0.25, 0.3) is 0 Å². The Kier molecular flexibility index (Phi) is 3.87. The fraction of sp³-hybridized carbons (Fsp3) is 1.00. The van der Waals surface area contributed by atoms with Crippen LogP contribution in [0.4, 0.5) is 13.2 Å². The maximum atomic E-state index is 12.9. The Hall–Kier alpha value is -0.330. The zero-order chi connectivity index (χ0) is 12.6. The molecule has 0 bridgehead atoms. The molecule has 6 heteroatoms. The molecule has 1 aliphatic rings. The summed E-state index contributed by atoms with van der Waals surface area (Å²) in [6.07, 6.45) is -4.30. The van der Waals surface area contributed by atoms with Crippen molar-refractivity contribution >= 4 is 0 Å². The van der Waals surface area contributed by atoms with E-state index in [1.807, 2.05) is 0 Å². The molecule has 0 spiro atoms. The Morgan fingerprint density at radius 1 is 1.38 bits per heavy atom. The van der Waals surface area contributed by atoms with Crippen LogP contribution in [0.2, 0.25) is 0 Å². The van der Waals surface area contributed by atoms with Gasteiger partial charge in [-0.1, -0.05) is 0 Å². The minimum atomic E-state index is -4.30. The van der Waals surface area contributed by atoms with Crippen LogP contribution < -0.4 is 5.73 Å². The Balaban J connectivity index is 2.93. The predicted molar refractivity (Wildman–Crippen MR) is 55.1 cm³/mol. The molecule has 16 heavy (non-hydrogen) atoms. The van der Waals surface area contributed by atoms with E-state index in [9.17, 15) is 13.2 Å². The van der Waals surface area contributed by atoms with Gasteiger partial charge in [-0.3, -0.25) is 4.90 Å². The van der Waals surface area contributed by atoms with E-state index in [-0.39, 0.29) is 6.54 Å². The summed E-state index contributed by atoms with van der Waals surface area (Å²) in [7, 11) is 0. The van der Waals surface area contributed by atoms with Crippen molar-refractivity contribution in [1.29, 1.82) is 0 Å². The fourth-order valence-corrected chi connectivity index (χ4v) is 2.14. The highest BCUT2D eigenvalue weighted by molar-refractivity contribution is 4.95. The molecule has 1 aliphatic heterocycles. The smallest absolute Gasteiger partial charge is 0.378 e. The minimum Gasteiger partial charge on any atom is -0.378 e. The molecule has 0 radical (unpaired) electrons. The normalized spacial score (nSPS) is 26.4. The zero-order valence-corrected chi connectivity index (χ0v) is 9.84.